The Kier molecular flexibility index (Phi) is 4.05. The molecule has 1 aliphatic carbocycles. The van der Waals surface area contributed by atoms with Gasteiger partial charge in [0.15, 0.2) is 0 Å². The van der Waals surface area contributed by atoms with Crippen LogP contribution in [-0.2, 0) is 19.3 Å². The van der Waals surface area contributed by atoms with Gasteiger partial charge in [-0.1, -0.05) is 34.6 Å². The number of oxime groups is 2. The number of allylic oxidation sites excluding steroid dienone is 2. The lowest BCUT2D eigenvalue weighted by molar-refractivity contribution is -0.141. The fourth-order valence-electron chi connectivity index (χ4n) is 1.65. The van der Waals surface area contributed by atoms with Crippen LogP contribution < -0.4 is 0 Å². The highest BCUT2D eigenvalue weighted by atomic mass is 16.7. The highest BCUT2D eigenvalue weighted by Crippen LogP contribution is 2.18. The maximum absolute atomic E-state index is 10.8. The molecule has 0 atom stereocenters. The molecule has 1 aliphatic rings. The third-order valence-electron chi connectivity index (χ3n) is 2.42. The van der Waals surface area contributed by atoms with E-state index in [2.05, 4.69) is 20.0 Å². The molecular weight excluding hydrogens is 260 g/mol. The van der Waals surface area contributed by atoms with E-state index in [1.165, 1.54) is 13.8 Å². The first-order valence-corrected chi connectivity index (χ1v) is 5.87. The van der Waals surface area contributed by atoms with Crippen molar-refractivity contribution in [3.63, 3.8) is 0 Å². The van der Waals surface area contributed by atoms with Crippen LogP contribution in [0.5, 0.6) is 0 Å². The monoisotopic (exact) mass is 272 g/mol. The summed E-state index contributed by atoms with van der Waals surface area (Å²) in [6.07, 6.45) is 3.27. The van der Waals surface area contributed by atoms with Crippen LogP contribution in [0, 0.1) is 0 Å². The van der Waals surface area contributed by atoms with E-state index in [1.807, 2.05) is 24.3 Å². The zero-order valence-electron chi connectivity index (χ0n) is 11.0. The number of hydrogen-bond acceptors (Lipinski definition) is 6. The lowest BCUT2D eigenvalue weighted by Gasteiger charge is -2.13. The van der Waals surface area contributed by atoms with E-state index in [4.69, 9.17) is 0 Å². The second-order valence-corrected chi connectivity index (χ2v) is 4.00. The second kappa shape index (κ2) is 5.92. The number of nitrogens with zero attached hydrogens (tertiary/aromatic N) is 2. The molecule has 0 N–H and O–H groups in total. The Balaban J connectivity index is 2.39. The SMILES string of the molecule is CC(=O)ON=C1C=CC(=NOC(C)=O)c2ccccc21. The van der Waals surface area contributed by atoms with Gasteiger partial charge < -0.3 is 9.68 Å². The van der Waals surface area contributed by atoms with Crippen LogP contribution in [0.2, 0.25) is 0 Å². The fraction of sp³-hybridized carbons (Fsp3) is 0.143. The molecule has 0 bridgehead atoms. The second-order valence-electron chi connectivity index (χ2n) is 4.00. The van der Waals surface area contributed by atoms with Gasteiger partial charge in [0.2, 0.25) is 0 Å². The molecule has 1 aromatic rings. The predicted molar refractivity (Wildman–Crippen MR) is 72.2 cm³/mol. The van der Waals surface area contributed by atoms with E-state index in [0.717, 1.165) is 11.1 Å². The number of benzene rings is 1. The summed E-state index contributed by atoms with van der Waals surface area (Å²) >= 11 is 0. The zero-order chi connectivity index (χ0) is 14.5. The van der Waals surface area contributed by atoms with Crippen molar-refractivity contribution in [3.8, 4) is 0 Å². The summed E-state index contributed by atoms with van der Waals surface area (Å²) in [4.78, 5) is 30.9. The van der Waals surface area contributed by atoms with E-state index in [9.17, 15) is 9.59 Å². The smallest absolute Gasteiger partial charge is 0.318 e. The topological polar surface area (TPSA) is 77.3 Å². The minimum atomic E-state index is -0.497. The molecule has 6 heteroatoms. The van der Waals surface area contributed by atoms with Crippen molar-refractivity contribution in [2.45, 2.75) is 13.8 Å². The van der Waals surface area contributed by atoms with Crippen LogP contribution in [-0.4, -0.2) is 23.4 Å². The van der Waals surface area contributed by atoms with Gasteiger partial charge in [-0.25, -0.2) is 9.59 Å². The molecule has 0 saturated heterocycles. The van der Waals surface area contributed by atoms with Crippen LogP contribution in [0.15, 0.2) is 46.7 Å². The van der Waals surface area contributed by atoms with Gasteiger partial charge in [0.25, 0.3) is 0 Å². The van der Waals surface area contributed by atoms with E-state index in [0.29, 0.717) is 11.4 Å². The molecule has 0 heterocycles. The number of carbonyl (C=O) groups is 2. The van der Waals surface area contributed by atoms with Gasteiger partial charge in [0.05, 0.1) is 0 Å². The first-order chi connectivity index (χ1) is 9.58. The maximum Gasteiger partial charge on any atom is 0.332 e. The van der Waals surface area contributed by atoms with Crippen molar-refractivity contribution in [3.05, 3.63) is 47.5 Å². The molecule has 0 aliphatic heterocycles. The highest BCUT2D eigenvalue weighted by Gasteiger charge is 2.17. The predicted octanol–water partition coefficient (Wildman–Crippen LogP) is 1.79. The molecule has 0 radical (unpaired) electrons. The summed E-state index contributed by atoms with van der Waals surface area (Å²) in [5.41, 5.74) is 2.47. The fourth-order valence-corrected chi connectivity index (χ4v) is 1.65. The minimum Gasteiger partial charge on any atom is -0.318 e. The Hall–Kier alpha value is -2.76. The molecule has 2 rings (SSSR count). The number of fused-ring (bicyclic) bond motifs is 1. The summed E-state index contributed by atoms with van der Waals surface area (Å²) in [7, 11) is 0. The van der Waals surface area contributed by atoms with Crippen molar-refractivity contribution >= 4 is 23.4 Å². The van der Waals surface area contributed by atoms with E-state index >= 15 is 0 Å². The van der Waals surface area contributed by atoms with Gasteiger partial charge in [-0.05, 0) is 12.2 Å². The molecule has 0 fully saturated rings. The average molecular weight is 272 g/mol. The average Bonchev–Trinajstić information content (AvgIpc) is 2.43. The first-order valence-electron chi connectivity index (χ1n) is 5.87. The molecule has 0 spiro atoms. The summed E-state index contributed by atoms with van der Waals surface area (Å²) < 4.78 is 0. The lowest BCUT2D eigenvalue weighted by atomic mass is 9.94. The van der Waals surface area contributed by atoms with Crippen molar-refractivity contribution < 1.29 is 19.3 Å². The van der Waals surface area contributed by atoms with E-state index in [-0.39, 0.29) is 0 Å². The molecule has 0 amide bonds. The molecule has 0 aromatic heterocycles. The third-order valence-corrected chi connectivity index (χ3v) is 2.42. The van der Waals surface area contributed by atoms with Gasteiger partial charge in [0.1, 0.15) is 11.4 Å². The molecule has 6 nitrogen and oxygen atoms in total. The van der Waals surface area contributed by atoms with Crippen LogP contribution in [0.25, 0.3) is 0 Å². The Bertz CT molecular complexity index is 589. The zero-order valence-corrected chi connectivity index (χ0v) is 11.0. The number of carbonyl (C=O) groups excluding carboxylic acids is 2. The lowest BCUT2D eigenvalue weighted by Crippen LogP contribution is -2.14. The van der Waals surface area contributed by atoms with Crippen molar-refractivity contribution in [2.24, 2.45) is 10.3 Å². The molecule has 0 unspecified atom stereocenters. The Morgan fingerprint density at radius 1 is 0.850 bits per heavy atom. The Morgan fingerprint density at radius 3 is 1.60 bits per heavy atom. The summed E-state index contributed by atoms with van der Waals surface area (Å²) in [5, 5.41) is 7.54. The van der Waals surface area contributed by atoms with Gasteiger partial charge in [-0.15, -0.1) is 0 Å². The van der Waals surface area contributed by atoms with Crippen LogP contribution in [0.4, 0.5) is 0 Å². The summed E-state index contributed by atoms with van der Waals surface area (Å²) in [5.74, 6) is -0.995. The maximum atomic E-state index is 10.8. The van der Waals surface area contributed by atoms with Crippen LogP contribution in [0.1, 0.15) is 25.0 Å². The number of hydrogen-bond donors (Lipinski definition) is 0. The third kappa shape index (κ3) is 3.17. The van der Waals surface area contributed by atoms with Crippen molar-refractivity contribution in [1.82, 2.24) is 0 Å². The number of rotatable bonds is 2. The van der Waals surface area contributed by atoms with E-state index in [1.54, 1.807) is 12.2 Å². The summed E-state index contributed by atoms with van der Waals surface area (Å²) in [6, 6.07) is 7.27. The Morgan fingerprint density at radius 2 is 1.25 bits per heavy atom. The molecule has 0 saturated carbocycles. The van der Waals surface area contributed by atoms with Crippen molar-refractivity contribution in [1.29, 1.82) is 0 Å². The van der Waals surface area contributed by atoms with Crippen LogP contribution >= 0.6 is 0 Å². The molecule has 20 heavy (non-hydrogen) atoms. The molecule has 102 valence electrons. The summed E-state index contributed by atoms with van der Waals surface area (Å²) in [6.45, 7) is 2.55. The van der Waals surface area contributed by atoms with Gasteiger partial charge in [0, 0.05) is 25.0 Å². The quantitative estimate of drug-likeness (QED) is 0.607. The van der Waals surface area contributed by atoms with Crippen LogP contribution in [0.3, 0.4) is 0 Å². The largest absolute Gasteiger partial charge is 0.332 e. The van der Waals surface area contributed by atoms with Gasteiger partial charge in [-0.2, -0.15) is 0 Å². The molecular formula is C14H12N2O4. The normalized spacial score (nSPS) is 16.9. The van der Waals surface area contributed by atoms with Gasteiger partial charge >= 0.3 is 11.9 Å². The molecule has 1 aromatic carbocycles. The van der Waals surface area contributed by atoms with Gasteiger partial charge in [-0.3, -0.25) is 0 Å². The standard InChI is InChI=1S/C14H12N2O4/c1-9(17)19-15-13-7-8-14(16-20-10(2)18)12-6-4-3-5-11(12)13/h3-8H,1-2H3. The minimum absolute atomic E-state index is 0.497. The highest BCUT2D eigenvalue weighted by molar-refractivity contribution is 6.25. The van der Waals surface area contributed by atoms with E-state index < -0.39 is 11.9 Å². The Labute approximate surface area is 115 Å². The van der Waals surface area contributed by atoms with Crippen molar-refractivity contribution in [2.75, 3.05) is 0 Å². The first kappa shape index (κ1) is 13.7.